The fraction of sp³-hybridized carbons (Fsp3) is 0.240. The molecule has 0 amide bonds. The summed E-state index contributed by atoms with van der Waals surface area (Å²) >= 11 is 6.34. The lowest BCUT2D eigenvalue weighted by Gasteiger charge is -2.37. The Kier molecular flexibility index (Phi) is 6.55. The van der Waals surface area contributed by atoms with Gasteiger partial charge in [-0.2, -0.15) is 13.2 Å². The minimum atomic E-state index is -5.11. The third kappa shape index (κ3) is 4.34. The minimum absolute atomic E-state index is 0.0321. The maximum absolute atomic E-state index is 14.5. The molecule has 2 unspecified atom stereocenters. The van der Waals surface area contributed by atoms with E-state index in [1.54, 1.807) is 0 Å². The molecule has 0 fully saturated rings. The van der Waals surface area contributed by atoms with E-state index in [-0.39, 0.29) is 33.3 Å². The van der Waals surface area contributed by atoms with Crippen molar-refractivity contribution in [2.45, 2.75) is 24.6 Å². The van der Waals surface area contributed by atoms with Crippen molar-refractivity contribution in [3.05, 3.63) is 86.9 Å². The number of hydrogen-bond acceptors (Lipinski definition) is 5. The van der Waals surface area contributed by atoms with Crippen LogP contribution in [0.4, 0.5) is 13.2 Å². The van der Waals surface area contributed by atoms with Crippen LogP contribution in [0.15, 0.2) is 59.5 Å². The Morgan fingerprint density at radius 2 is 1.76 bits per heavy atom. The summed E-state index contributed by atoms with van der Waals surface area (Å²) in [7, 11) is 2.92. The third-order valence-electron chi connectivity index (χ3n) is 6.43. The monoisotopic (exact) mass is 535 g/mol. The second-order valence-corrected chi connectivity index (χ2v) is 8.94. The predicted molar refractivity (Wildman–Crippen MR) is 129 cm³/mol. The first-order valence-electron chi connectivity index (χ1n) is 10.9. The summed E-state index contributed by atoms with van der Waals surface area (Å²) in [4.78, 5) is 27.5. The quantitative estimate of drug-likeness (QED) is 0.361. The lowest BCUT2D eigenvalue weighted by Crippen LogP contribution is -2.46. The lowest BCUT2D eigenvalue weighted by atomic mass is 9.77. The Labute approximate surface area is 213 Å². The average Bonchev–Trinajstić information content (AvgIpc) is 3.06. The standard InChI is InChI=1S/C25H21ClF3N3O5/c1-13(16-8-7-15(12-18(16)26)37-21-17(22(33)34)5-4-10-30-21)24(36,25(27,28)29)14-6-9-19-20(11-14)32(3)23(35)31(19)2/h4-13,36H,1-3H3,(H,33,34). The molecule has 4 aromatic rings. The first kappa shape index (κ1) is 26.2. The number of rotatable bonds is 6. The van der Waals surface area contributed by atoms with Crippen LogP contribution in [0, 0.1) is 0 Å². The molecule has 8 nitrogen and oxygen atoms in total. The number of carbonyl (C=O) groups is 1. The van der Waals surface area contributed by atoms with E-state index in [4.69, 9.17) is 16.3 Å². The number of aryl methyl sites for hydroxylation is 2. The van der Waals surface area contributed by atoms with Crippen LogP contribution < -0.4 is 10.4 Å². The summed E-state index contributed by atoms with van der Waals surface area (Å²) in [5, 5.41) is 20.4. The topological polar surface area (TPSA) is 107 Å². The highest BCUT2D eigenvalue weighted by Crippen LogP contribution is 2.50. The first-order valence-corrected chi connectivity index (χ1v) is 11.3. The molecule has 0 radical (unpaired) electrons. The molecule has 12 heteroatoms. The molecule has 0 saturated carbocycles. The van der Waals surface area contributed by atoms with E-state index in [2.05, 4.69) is 4.98 Å². The number of hydrogen-bond donors (Lipinski definition) is 2. The van der Waals surface area contributed by atoms with Gasteiger partial charge >= 0.3 is 17.8 Å². The summed E-state index contributed by atoms with van der Waals surface area (Å²) in [5.74, 6) is -3.04. The van der Waals surface area contributed by atoms with Gasteiger partial charge < -0.3 is 14.9 Å². The fourth-order valence-electron chi connectivity index (χ4n) is 4.30. The second-order valence-electron chi connectivity index (χ2n) is 8.54. The van der Waals surface area contributed by atoms with E-state index in [1.165, 1.54) is 72.7 Å². The van der Waals surface area contributed by atoms with E-state index >= 15 is 0 Å². The Morgan fingerprint density at radius 3 is 2.38 bits per heavy atom. The Balaban J connectivity index is 1.77. The van der Waals surface area contributed by atoms with Crippen LogP contribution in [0.1, 0.15) is 34.3 Å². The number of alkyl halides is 3. The van der Waals surface area contributed by atoms with Gasteiger partial charge in [0.1, 0.15) is 11.3 Å². The van der Waals surface area contributed by atoms with Gasteiger partial charge in [0.25, 0.3) is 0 Å². The number of carboxylic acid groups (broad SMARTS) is 1. The molecule has 194 valence electrons. The van der Waals surface area contributed by atoms with Crippen LogP contribution >= 0.6 is 11.6 Å². The maximum atomic E-state index is 14.5. The molecular weight excluding hydrogens is 515 g/mol. The molecule has 37 heavy (non-hydrogen) atoms. The van der Waals surface area contributed by atoms with Gasteiger partial charge in [-0.15, -0.1) is 0 Å². The van der Waals surface area contributed by atoms with E-state index in [0.29, 0.717) is 5.52 Å². The molecule has 2 aromatic heterocycles. The average molecular weight is 536 g/mol. The second kappa shape index (κ2) is 9.24. The molecule has 0 aliphatic rings. The van der Waals surface area contributed by atoms with Crippen molar-refractivity contribution in [3.8, 4) is 11.6 Å². The SMILES string of the molecule is CC(c1ccc(Oc2ncccc2C(=O)O)cc1Cl)C(O)(c1ccc2c(c1)n(C)c(=O)n2C)C(F)(F)F. The number of carboxylic acids is 1. The molecule has 2 aromatic carbocycles. The summed E-state index contributed by atoms with van der Waals surface area (Å²) in [6.45, 7) is 1.19. The van der Waals surface area contributed by atoms with E-state index in [1.807, 2.05) is 0 Å². The normalized spacial score (nSPS) is 14.4. The molecule has 2 atom stereocenters. The van der Waals surface area contributed by atoms with E-state index < -0.39 is 34.9 Å². The van der Waals surface area contributed by atoms with Gasteiger partial charge in [0.05, 0.1) is 11.0 Å². The number of benzene rings is 2. The molecule has 0 bridgehead atoms. The van der Waals surface area contributed by atoms with Gasteiger partial charge in [0.2, 0.25) is 5.88 Å². The highest BCUT2D eigenvalue weighted by molar-refractivity contribution is 6.31. The van der Waals surface area contributed by atoms with Crippen molar-refractivity contribution in [2.24, 2.45) is 14.1 Å². The van der Waals surface area contributed by atoms with Crippen LogP contribution in [0.3, 0.4) is 0 Å². The number of nitrogens with zero attached hydrogens (tertiary/aromatic N) is 3. The zero-order chi connectivity index (χ0) is 27.3. The summed E-state index contributed by atoms with van der Waals surface area (Å²) in [6, 6.07) is 10.1. The maximum Gasteiger partial charge on any atom is 0.422 e. The predicted octanol–water partition coefficient (Wildman–Crippen LogP) is 4.97. The van der Waals surface area contributed by atoms with Crippen LogP contribution in [-0.4, -0.2) is 36.5 Å². The van der Waals surface area contributed by atoms with Crippen molar-refractivity contribution >= 4 is 28.6 Å². The lowest BCUT2D eigenvalue weighted by molar-refractivity contribution is -0.274. The van der Waals surface area contributed by atoms with Gasteiger partial charge in [-0.25, -0.2) is 14.6 Å². The Hall–Kier alpha value is -3.83. The molecule has 0 aliphatic carbocycles. The largest absolute Gasteiger partial charge is 0.477 e. The number of imidazole rings is 1. The Morgan fingerprint density at radius 1 is 1.08 bits per heavy atom. The minimum Gasteiger partial charge on any atom is -0.477 e. The van der Waals surface area contributed by atoms with Crippen LogP contribution in [0.5, 0.6) is 11.6 Å². The number of aromatic carboxylic acids is 1. The number of aliphatic hydroxyl groups is 1. The zero-order valence-corrected chi connectivity index (χ0v) is 20.5. The molecule has 2 N–H and O–H groups in total. The summed E-state index contributed by atoms with van der Waals surface area (Å²) < 4.78 is 51.4. The number of pyridine rings is 1. The smallest absolute Gasteiger partial charge is 0.422 e. The number of fused-ring (bicyclic) bond motifs is 1. The van der Waals surface area contributed by atoms with Gasteiger partial charge in [-0.1, -0.05) is 30.7 Å². The number of ether oxygens (including phenoxy) is 1. The third-order valence-corrected chi connectivity index (χ3v) is 6.75. The van der Waals surface area contributed by atoms with E-state index in [0.717, 1.165) is 12.1 Å². The van der Waals surface area contributed by atoms with Crippen molar-refractivity contribution in [1.29, 1.82) is 0 Å². The highest BCUT2D eigenvalue weighted by atomic mass is 35.5. The van der Waals surface area contributed by atoms with Crippen LogP contribution in [0.25, 0.3) is 11.0 Å². The molecule has 2 heterocycles. The van der Waals surface area contributed by atoms with Crippen molar-refractivity contribution in [3.63, 3.8) is 0 Å². The first-order chi connectivity index (χ1) is 17.3. The van der Waals surface area contributed by atoms with Crippen molar-refractivity contribution < 1.29 is 32.9 Å². The number of aromatic nitrogens is 3. The zero-order valence-electron chi connectivity index (χ0n) is 19.7. The van der Waals surface area contributed by atoms with Gasteiger partial charge in [-0.3, -0.25) is 9.13 Å². The Bertz CT molecular complexity index is 1580. The molecule has 0 spiro atoms. The van der Waals surface area contributed by atoms with Crippen molar-refractivity contribution in [2.75, 3.05) is 0 Å². The molecular formula is C25H21ClF3N3O5. The van der Waals surface area contributed by atoms with Gasteiger partial charge in [0, 0.05) is 31.2 Å². The fourth-order valence-corrected chi connectivity index (χ4v) is 4.63. The number of halogens is 4. The molecule has 4 rings (SSSR count). The highest BCUT2D eigenvalue weighted by Gasteiger charge is 2.59. The van der Waals surface area contributed by atoms with Crippen molar-refractivity contribution in [1.82, 2.24) is 14.1 Å². The van der Waals surface area contributed by atoms with Gasteiger partial charge in [-0.05, 0) is 47.5 Å². The van der Waals surface area contributed by atoms with E-state index in [9.17, 15) is 33.0 Å². The molecule has 0 saturated heterocycles. The molecule has 0 aliphatic heterocycles. The summed E-state index contributed by atoms with van der Waals surface area (Å²) in [5.41, 5.74) is -3.87. The van der Waals surface area contributed by atoms with Gasteiger partial charge in [0.15, 0.2) is 5.60 Å². The van der Waals surface area contributed by atoms with Crippen LogP contribution in [-0.2, 0) is 19.7 Å². The summed E-state index contributed by atoms with van der Waals surface area (Å²) in [6.07, 6.45) is -3.79. The van der Waals surface area contributed by atoms with Crippen LogP contribution in [0.2, 0.25) is 5.02 Å².